The average molecular weight is 600 g/mol. The van der Waals surface area contributed by atoms with E-state index in [-0.39, 0.29) is 22.7 Å². The highest BCUT2D eigenvalue weighted by Gasteiger charge is 2.49. The van der Waals surface area contributed by atoms with Crippen molar-refractivity contribution in [1.82, 2.24) is 0 Å². The Labute approximate surface area is 239 Å². The van der Waals surface area contributed by atoms with Gasteiger partial charge in [0.15, 0.2) is 34.9 Å². The van der Waals surface area contributed by atoms with Crippen LogP contribution in [-0.2, 0) is 9.53 Å². The number of hydrogen-bond donors (Lipinski definition) is 10. The van der Waals surface area contributed by atoms with Crippen LogP contribution in [0.5, 0.6) is 40.2 Å². The lowest BCUT2D eigenvalue weighted by molar-refractivity contribution is -0.268. The number of benzene rings is 3. The van der Waals surface area contributed by atoms with Crippen molar-refractivity contribution in [1.29, 1.82) is 0 Å². The fourth-order valence-corrected chi connectivity index (χ4v) is 4.58. The SMILES string of the molecule is O=C(C(O)c1cc(O)c(O)c(O)c1)[C@H]1OC(Oc2c(-c3ccc(O)cc3)oc3cc(O)cc(O)c3c2=O)[C@H](O)[C@@H](O)[C@@H]1O. The monoisotopic (exact) mass is 600 g/mol. The van der Waals surface area contributed by atoms with Crippen LogP contribution < -0.4 is 10.2 Å². The third-order valence-corrected chi connectivity index (χ3v) is 6.81. The average Bonchev–Trinajstić information content (AvgIpc) is 2.96. The van der Waals surface area contributed by atoms with Gasteiger partial charge >= 0.3 is 0 Å². The van der Waals surface area contributed by atoms with Crippen LogP contribution in [0.3, 0.4) is 0 Å². The van der Waals surface area contributed by atoms with Crippen LogP contribution in [0.1, 0.15) is 11.7 Å². The van der Waals surface area contributed by atoms with Gasteiger partial charge in [-0.1, -0.05) is 0 Å². The van der Waals surface area contributed by atoms with E-state index in [0.29, 0.717) is 0 Å². The molecule has 2 heterocycles. The minimum atomic E-state index is -2.21. The molecule has 4 aromatic rings. The number of Topliss-reactive ketones (excluding diaryl/α,β-unsaturated/α-hetero) is 1. The standard InChI is InChI=1S/C28H24O15/c29-11-3-1-9(2-4-11)25-27(20(36)17-13(31)7-12(30)8-16(17)41-25)43-28-24(40)21(37)23(39)26(42-28)22(38)18(34)10-5-14(32)19(35)15(33)6-10/h1-8,18,21,23-24,26,28-35,37,39-40H/t18?,21-,23-,24+,26+,28?/m0/s1. The van der Waals surface area contributed by atoms with Gasteiger partial charge in [0.25, 0.3) is 0 Å². The number of aliphatic hydroxyl groups excluding tert-OH is 4. The first-order chi connectivity index (χ1) is 20.3. The third kappa shape index (κ3) is 5.22. The molecular weight excluding hydrogens is 576 g/mol. The molecule has 43 heavy (non-hydrogen) atoms. The molecule has 1 aliphatic rings. The smallest absolute Gasteiger partial charge is 0.239 e. The fourth-order valence-electron chi connectivity index (χ4n) is 4.58. The van der Waals surface area contributed by atoms with Crippen LogP contribution in [0.15, 0.2) is 57.7 Å². The second kappa shape index (κ2) is 11.0. The van der Waals surface area contributed by atoms with E-state index < -0.39 is 93.5 Å². The molecule has 6 atom stereocenters. The lowest BCUT2D eigenvalue weighted by Crippen LogP contribution is -2.61. The Morgan fingerprint density at radius 2 is 1.42 bits per heavy atom. The van der Waals surface area contributed by atoms with Crippen molar-refractivity contribution in [2.75, 3.05) is 0 Å². The molecule has 1 aliphatic heterocycles. The number of phenolic OH excluding ortho intramolecular Hbond substituents is 6. The summed E-state index contributed by atoms with van der Waals surface area (Å²) in [5.41, 5.74) is -1.64. The van der Waals surface area contributed by atoms with Crippen LogP contribution in [0.25, 0.3) is 22.3 Å². The maximum atomic E-state index is 13.5. The van der Waals surface area contributed by atoms with E-state index in [9.17, 15) is 60.7 Å². The molecule has 0 spiro atoms. The highest BCUT2D eigenvalue weighted by Crippen LogP contribution is 2.40. The fraction of sp³-hybridized carbons (Fsp3) is 0.214. The summed E-state index contributed by atoms with van der Waals surface area (Å²) in [7, 11) is 0. The topological polar surface area (TPSA) is 268 Å². The maximum Gasteiger partial charge on any atom is 0.239 e. The Hall–Kier alpha value is -5.06. The van der Waals surface area contributed by atoms with Gasteiger partial charge < -0.3 is 65.0 Å². The number of ketones is 1. The summed E-state index contributed by atoms with van der Waals surface area (Å²) in [6.07, 6.45) is -12.8. The van der Waals surface area contributed by atoms with Crippen molar-refractivity contribution in [3.63, 3.8) is 0 Å². The van der Waals surface area contributed by atoms with E-state index in [1.54, 1.807) is 0 Å². The molecule has 0 amide bonds. The van der Waals surface area contributed by atoms with Gasteiger partial charge in [-0.15, -0.1) is 0 Å². The van der Waals surface area contributed by atoms with Gasteiger partial charge in [0.2, 0.25) is 17.5 Å². The molecule has 226 valence electrons. The summed E-state index contributed by atoms with van der Waals surface area (Å²) >= 11 is 0. The number of phenols is 6. The van der Waals surface area contributed by atoms with Crippen LogP contribution in [0, 0.1) is 0 Å². The number of ether oxygens (including phenoxy) is 2. The quantitative estimate of drug-likeness (QED) is 0.132. The van der Waals surface area contributed by atoms with Gasteiger partial charge in [-0.25, -0.2) is 0 Å². The summed E-state index contributed by atoms with van der Waals surface area (Å²) in [5.74, 6) is -6.40. The van der Waals surface area contributed by atoms with Crippen molar-refractivity contribution in [3.8, 4) is 51.6 Å². The molecule has 10 N–H and O–H groups in total. The molecule has 0 bridgehead atoms. The molecule has 0 saturated carbocycles. The molecule has 15 nitrogen and oxygen atoms in total. The van der Waals surface area contributed by atoms with Gasteiger partial charge in [-0.05, 0) is 42.0 Å². The molecule has 0 radical (unpaired) electrons. The van der Waals surface area contributed by atoms with Gasteiger partial charge in [0.05, 0.1) is 0 Å². The van der Waals surface area contributed by atoms with Crippen LogP contribution >= 0.6 is 0 Å². The summed E-state index contributed by atoms with van der Waals surface area (Å²) in [4.78, 5) is 26.7. The Balaban J connectivity index is 1.56. The first kappa shape index (κ1) is 29.4. The summed E-state index contributed by atoms with van der Waals surface area (Å²) in [5, 5.41) is 101. The number of carbonyl (C=O) groups is 1. The number of aromatic hydroxyl groups is 6. The van der Waals surface area contributed by atoms with Gasteiger partial charge in [-0.3, -0.25) is 9.59 Å². The van der Waals surface area contributed by atoms with E-state index in [2.05, 4.69) is 0 Å². The minimum Gasteiger partial charge on any atom is -0.508 e. The van der Waals surface area contributed by atoms with E-state index >= 15 is 0 Å². The number of carbonyl (C=O) groups excluding carboxylic acids is 1. The predicted molar refractivity (Wildman–Crippen MR) is 142 cm³/mol. The number of fused-ring (bicyclic) bond motifs is 1. The summed E-state index contributed by atoms with van der Waals surface area (Å²) in [6, 6.07) is 8.50. The largest absolute Gasteiger partial charge is 0.508 e. The molecular formula is C28H24O15. The zero-order chi connectivity index (χ0) is 31.3. The Morgan fingerprint density at radius 3 is 2.05 bits per heavy atom. The molecule has 1 fully saturated rings. The summed E-state index contributed by atoms with van der Waals surface area (Å²) in [6.45, 7) is 0. The van der Waals surface area contributed by atoms with Gasteiger partial charge in [-0.2, -0.15) is 0 Å². The van der Waals surface area contributed by atoms with Crippen LogP contribution in [0.2, 0.25) is 0 Å². The molecule has 5 rings (SSSR count). The van der Waals surface area contributed by atoms with E-state index in [4.69, 9.17) is 13.9 Å². The molecule has 0 aliphatic carbocycles. The molecule has 3 aromatic carbocycles. The Morgan fingerprint density at radius 1 is 0.791 bits per heavy atom. The van der Waals surface area contributed by atoms with Crippen LogP contribution in [-0.4, -0.2) is 87.6 Å². The predicted octanol–water partition coefficient (Wildman–Crippen LogP) is 0.183. The summed E-state index contributed by atoms with van der Waals surface area (Å²) < 4.78 is 16.8. The number of hydrogen-bond acceptors (Lipinski definition) is 15. The van der Waals surface area contributed by atoms with Crippen LogP contribution in [0.4, 0.5) is 0 Å². The van der Waals surface area contributed by atoms with Crippen molar-refractivity contribution in [3.05, 3.63) is 64.3 Å². The van der Waals surface area contributed by atoms with E-state index in [1.165, 1.54) is 24.3 Å². The lowest BCUT2D eigenvalue weighted by atomic mass is 9.92. The van der Waals surface area contributed by atoms with Crippen molar-refractivity contribution in [2.24, 2.45) is 0 Å². The second-order valence-corrected chi connectivity index (χ2v) is 9.70. The molecule has 2 unspecified atom stereocenters. The first-order valence-corrected chi connectivity index (χ1v) is 12.4. The normalized spacial score (nSPS) is 22.7. The molecule has 1 aromatic heterocycles. The zero-order valence-electron chi connectivity index (χ0n) is 21.6. The van der Waals surface area contributed by atoms with Crippen molar-refractivity contribution in [2.45, 2.75) is 36.8 Å². The highest BCUT2D eigenvalue weighted by atomic mass is 16.7. The van der Waals surface area contributed by atoms with E-state index in [0.717, 1.165) is 24.3 Å². The highest BCUT2D eigenvalue weighted by molar-refractivity contribution is 5.90. The molecule has 1 saturated heterocycles. The van der Waals surface area contributed by atoms with E-state index in [1.807, 2.05) is 0 Å². The van der Waals surface area contributed by atoms with Gasteiger partial charge in [0, 0.05) is 17.7 Å². The van der Waals surface area contributed by atoms with Crippen molar-refractivity contribution >= 4 is 16.8 Å². The lowest BCUT2D eigenvalue weighted by Gasteiger charge is -2.40. The maximum absolute atomic E-state index is 13.5. The van der Waals surface area contributed by atoms with Crippen molar-refractivity contribution < 1.29 is 69.8 Å². The number of aliphatic hydroxyl groups is 4. The molecule has 15 heteroatoms. The minimum absolute atomic E-state index is 0.121. The first-order valence-electron chi connectivity index (χ1n) is 12.4. The Kier molecular flexibility index (Phi) is 7.51. The van der Waals surface area contributed by atoms with Gasteiger partial charge in [0.1, 0.15) is 52.6 Å². The number of rotatable bonds is 6. The third-order valence-electron chi connectivity index (χ3n) is 6.81. The Bertz CT molecular complexity index is 1740. The zero-order valence-corrected chi connectivity index (χ0v) is 21.6. The second-order valence-electron chi connectivity index (χ2n) is 9.70.